The van der Waals surface area contributed by atoms with Crippen molar-refractivity contribution in [1.82, 2.24) is 15.0 Å². The van der Waals surface area contributed by atoms with E-state index in [4.69, 9.17) is 13.9 Å². The molecule has 39 heavy (non-hydrogen) atoms. The lowest BCUT2D eigenvalue weighted by atomic mass is 9.97. The summed E-state index contributed by atoms with van der Waals surface area (Å²) in [5.74, 6) is 1.11. The van der Waals surface area contributed by atoms with Crippen LogP contribution in [0.1, 0.15) is 21.6 Å². The van der Waals surface area contributed by atoms with E-state index in [2.05, 4.69) is 10.3 Å². The number of methoxy groups -OCH3 is 1. The Balaban J connectivity index is 1.25. The molecule has 0 aliphatic carbocycles. The van der Waals surface area contributed by atoms with Gasteiger partial charge < -0.3 is 13.9 Å². The fraction of sp³-hybridized carbons (Fsp3) is 0.0645. The van der Waals surface area contributed by atoms with Crippen LogP contribution in [0.4, 0.5) is 4.39 Å². The number of rotatable bonds is 8. The first kappa shape index (κ1) is 24.1. The Kier molecular flexibility index (Phi) is 6.34. The average molecular weight is 520 g/mol. The first-order chi connectivity index (χ1) is 19.1. The Morgan fingerprint density at radius 1 is 0.923 bits per heavy atom. The number of halogens is 1. The quantitative estimate of drug-likeness (QED) is 0.210. The lowest BCUT2D eigenvalue weighted by Crippen LogP contribution is -2.03. The van der Waals surface area contributed by atoms with E-state index in [1.807, 2.05) is 48.5 Å². The molecule has 0 spiro atoms. The van der Waals surface area contributed by atoms with E-state index in [-0.39, 0.29) is 18.2 Å². The lowest BCUT2D eigenvalue weighted by molar-refractivity contribution is 0.104. The van der Waals surface area contributed by atoms with Crippen molar-refractivity contribution in [2.24, 2.45) is 0 Å². The van der Waals surface area contributed by atoms with Gasteiger partial charge in [-0.05, 0) is 66.7 Å². The van der Waals surface area contributed by atoms with Crippen LogP contribution in [-0.4, -0.2) is 27.9 Å². The van der Waals surface area contributed by atoms with Gasteiger partial charge in [-0.15, -0.1) is 5.10 Å². The summed E-state index contributed by atoms with van der Waals surface area (Å²) in [7, 11) is 1.61. The molecule has 0 saturated heterocycles. The van der Waals surface area contributed by atoms with Crippen LogP contribution >= 0.6 is 0 Å². The predicted octanol–water partition coefficient (Wildman–Crippen LogP) is 6.64. The zero-order valence-corrected chi connectivity index (χ0v) is 20.9. The number of benzene rings is 4. The second-order valence-electron chi connectivity index (χ2n) is 8.81. The van der Waals surface area contributed by atoms with Gasteiger partial charge in [-0.1, -0.05) is 29.5 Å². The van der Waals surface area contributed by atoms with Gasteiger partial charge in [-0.2, -0.15) is 0 Å². The molecule has 0 unspecified atom stereocenters. The molecule has 0 amide bonds. The summed E-state index contributed by atoms with van der Waals surface area (Å²) in [6.07, 6.45) is 1.72. The van der Waals surface area contributed by atoms with E-state index in [1.165, 1.54) is 12.1 Å². The molecule has 0 atom stereocenters. The summed E-state index contributed by atoms with van der Waals surface area (Å²) in [4.78, 5) is 13.8. The van der Waals surface area contributed by atoms with E-state index < -0.39 is 0 Å². The van der Waals surface area contributed by atoms with Crippen LogP contribution < -0.4 is 9.47 Å². The van der Waals surface area contributed by atoms with Gasteiger partial charge in [0.15, 0.2) is 5.78 Å². The molecular weight excluding hydrogens is 497 g/mol. The molecule has 2 heterocycles. The molecule has 0 aliphatic heterocycles. The van der Waals surface area contributed by atoms with Crippen molar-refractivity contribution >= 4 is 16.8 Å². The molecule has 0 fully saturated rings. The van der Waals surface area contributed by atoms with Gasteiger partial charge in [-0.25, -0.2) is 9.07 Å². The number of hydrogen-bond acceptors (Lipinski definition) is 6. The molecule has 0 aliphatic rings. The third-order valence-electron chi connectivity index (χ3n) is 6.29. The van der Waals surface area contributed by atoms with Crippen LogP contribution in [-0.2, 0) is 6.61 Å². The number of aromatic nitrogens is 3. The number of fused-ring (bicyclic) bond motifs is 1. The second kappa shape index (κ2) is 10.3. The minimum Gasteiger partial charge on any atom is -0.497 e. The summed E-state index contributed by atoms with van der Waals surface area (Å²) < 4.78 is 32.0. The van der Waals surface area contributed by atoms with Crippen LogP contribution in [0.5, 0.6) is 11.5 Å². The number of ether oxygens (including phenoxy) is 2. The molecule has 6 rings (SSSR count). The Morgan fingerprint density at radius 2 is 1.72 bits per heavy atom. The normalized spacial score (nSPS) is 11.0. The first-order valence-corrected chi connectivity index (χ1v) is 12.2. The standard InChI is InChI=1S/C31H22FN3O4/c1-37-25-15-11-21(12-16-25)31-29(27-7-2-3-8-28(27)39-31)30(36)20-9-13-24(14-10-20)35-18-23(33-34-35)19-38-26-6-4-5-22(32)17-26/h2-18H,19H2,1H3. The maximum atomic E-state index is 13.8. The van der Waals surface area contributed by atoms with Gasteiger partial charge in [0.25, 0.3) is 0 Å². The minimum atomic E-state index is -0.370. The fourth-order valence-corrected chi connectivity index (χ4v) is 4.33. The molecule has 0 radical (unpaired) electrons. The molecule has 0 bridgehead atoms. The molecule has 4 aromatic carbocycles. The van der Waals surface area contributed by atoms with E-state index in [0.29, 0.717) is 33.9 Å². The van der Waals surface area contributed by atoms with Gasteiger partial charge in [-0.3, -0.25) is 4.79 Å². The Bertz CT molecular complexity index is 1770. The second-order valence-corrected chi connectivity index (χ2v) is 8.81. The molecule has 0 N–H and O–H groups in total. The van der Waals surface area contributed by atoms with Crippen LogP contribution in [0.15, 0.2) is 108 Å². The van der Waals surface area contributed by atoms with Gasteiger partial charge in [0.05, 0.1) is 24.6 Å². The molecule has 7 nitrogen and oxygen atoms in total. The number of furan rings is 1. The monoisotopic (exact) mass is 519 g/mol. The first-order valence-electron chi connectivity index (χ1n) is 12.2. The summed E-state index contributed by atoms with van der Waals surface area (Å²) >= 11 is 0. The maximum absolute atomic E-state index is 13.8. The van der Waals surface area contributed by atoms with Crippen LogP contribution in [0.3, 0.4) is 0 Å². The number of carbonyl (C=O) groups excluding carboxylic acids is 1. The van der Waals surface area contributed by atoms with E-state index in [1.54, 1.807) is 54.4 Å². The minimum absolute atomic E-state index is 0.141. The highest BCUT2D eigenvalue weighted by atomic mass is 19.1. The number of para-hydroxylation sites is 1. The number of ketones is 1. The van der Waals surface area contributed by atoms with E-state index in [9.17, 15) is 9.18 Å². The molecule has 6 aromatic rings. The van der Waals surface area contributed by atoms with Crippen molar-refractivity contribution in [2.45, 2.75) is 6.61 Å². The average Bonchev–Trinajstić information content (AvgIpc) is 3.61. The van der Waals surface area contributed by atoms with Crippen LogP contribution in [0.25, 0.3) is 28.0 Å². The molecular formula is C31H22FN3O4. The third kappa shape index (κ3) is 4.87. The summed E-state index contributed by atoms with van der Waals surface area (Å²) in [5.41, 5.74) is 3.73. The Hall–Kier alpha value is -5.24. The topological polar surface area (TPSA) is 79.4 Å². The Labute approximate surface area is 223 Å². The highest BCUT2D eigenvalue weighted by molar-refractivity contribution is 6.19. The van der Waals surface area contributed by atoms with E-state index >= 15 is 0 Å². The fourth-order valence-electron chi connectivity index (χ4n) is 4.33. The summed E-state index contributed by atoms with van der Waals surface area (Å²) in [6.45, 7) is 0.141. The third-order valence-corrected chi connectivity index (χ3v) is 6.29. The van der Waals surface area contributed by atoms with Crippen molar-refractivity contribution in [3.8, 4) is 28.5 Å². The molecule has 8 heteroatoms. The molecule has 2 aromatic heterocycles. The predicted molar refractivity (Wildman–Crippen MR) is 144 cm³/mol. The maximum Gasteiger partial charge on any atom is 0.197 e. The SMILES string of the molecule is COc1ccc(-c2oc3ccccc3c2C(=O)c2ccc(-n3cc(COc4cccc(F)c4)nn3)cc2)cc1. The van der Waals surface area contributed by atoms with Gasteiger partial charge in [0.1, 0.15) is 41.0 Å². The van der Waals surface area contributed by atoms with Crippen molar-refractivity contribution in [1.29, 1.82) is 0 Å². The van der Waals surface area contributed by atoms with Crippen LogP contribution in [0, 0.1) is 5.82 Å². The summed E-state index contributed by atoms with van der Waals surface area (Å²) in [6, 6.07) is 27.9. The zero-order chi connectivity index (χ0) is 26.8. The summed E-state index contributed by atoms with van der Waals surface area (Å²) in [5, 5.41) is 9.02. The Morgan fingerprint density at radius 3 is 2.49 bits per heavy atom. The van der Waals surface area contributed by atoms with Crippen molar-refractivity contribution in [3.05, 3.63) is 126 Å². The van der Waals surface area contributed by atoms with Gasteiger partial charge >= 0.3 is 0 Å². The number of nitrogens with zero attached hydrogens (tertiary/aromatic N) is 3. The highest BCUT2D eigenvalue weighted by Crippen LogP contribution is 2.36. The smallest absolute Gasteiger partial charge is 0.197 e. The van der Waals surface area contributed by atoms with Gasteiger partial charge in [0.2, 0.25) is 0 Å². The van der Waals surface area contributed by atoms with Gasteiger partial charge in [0, 0.05) is 22.6 Å². The zero-order valence-electron chi connectivity index (χ0n) is 20.9. The lowest BCUT2D eigenvalue weighted by Gasteiger charge is -2.06. The van der Waals surface area contributed by atoms with Crippen LogP contribution in [0.2, 0.25) is 0 Å². The van der Waals surface area contributed by atoms with E-state index in [0.717, 1.165) is 22.4 Å². The van der Waals surface area contributed by atoms with Crippen molar-refractivity contribution < 1.29 is 23.1 Å². The molecule has 0 saturated carbocycles. The number of hydrogen-bond donors (Lipinski definition) is 0. The molecule has 192 valence electrons. The largest absolute Gasteiger partial charge is 0.497 e. The number of carbonyl (C=O) groups is 1. The van der Waals surface area contributed by atoms with Crippen molar-refractivity contribution in [3.63, 3.8) is 0 Å². The van der Waals surface area contributed by atoms with Crippen molar-refractivity contribution in [2.75, 3.05) is 7.11 Å². The highest BCUT2D eigenvalue weighted by Gasteiger charge is 2.23.